The van der Waals surface area contributed by atoms with Gasteiger partial charge in [-0.2, -0.15) is 4.89 Å². The van der Waals surface area contributed by atoms with Crippen molar-refractivity contribution in [2.24, 2.45) is 0 Å². The molecular formula is C34H41NO3. The quantitative estimate of drug-likeness (QED) is 0.170. The van der Waals surface area contributed by atoms with Gasteiger partial charge in [0.1, 0.15) is 0 Å². The molecule has 4 heteroatoms. The molecule has 0 heterocycles. The summed E-state index contributed by atoms with van der Waals surface area (Å²) < 4.78 is 0. The van der Waals surface area contributed by atoms with Crippen LogP contribution in [0.2, 0.25) is 0 Å². The monoisotopic (exact) mass is 511 g/mol. The molecule has 0 bridgehead atoms. The van der Waals surface area contributed by atoms with Gasteiger partial charge in [-0.3, -0.25) is 4.89 Å². The fourth-order valence-corrected chi connectivity index (χ4v) is 5.47. The van der Waals surface area contributed by atoms with E-state index in [0.717, 1.165) is 36.6 Å². The van der Waals surface area contributed by atoms with E-state index in [-0.39, 0.29) is 10.8 Å². The van der Waals surface area contributed by atoms with Crippen LogP contribution in [0.3, 0.4) is 0 Å². The van der Waals surface area contributed by atoms with Crippen molar-refractivity contribution in [3.8, 4) is 22.3 Å². The summed E-state index contributed by atoms with van der Waals surface area (Å²) in [5.41, 5.74) is 8.46. The number of nitrogens with one attached hydrogen (secondary N) is 1. The molecule has 2 aliphatic carbocycles. The third-order valence-corrected chi connectivity index (χ3v) is 8.30. The highest BCUT2D eigenvalue weighted by Gasteiger charge is 2.37. The number of fused-ring (bicyclic) bond motifs is 1. The van der Waals surface area contributed by atoms with Crippen molar-refractivity contribution in [2.75, 3.05) is 13.2 Å². The summed E-state index contributed by atoms with van der Waals surface area (Å²) in [5.74, 6) is -0.457. The fraction of sp³-hybridized carbons (Fsp3) is 0.441. The summed E-state index contributed by atoms with van der Waals surface area (Å²) in [5, 5.41) is 3.47. The Morgan fingerprint density at radius 3 is 2.13 bits per heavy atom. The number of unbranched alkanes of at least 4 members (excludes halogenated alkanes) is 1. The highest BCUT2D eigenvalue weighted by Crippen LogP contribution is 2.46. The predicted molar refractivity (Wildman–Crippen MR) is 154 cm³/mol. The zero-order valence-corrected chi connectivity index (χ0v) is 23.3. The van der Waals surface area contributed by atoms with Crippen molar-refractivity contribution in [3.05, 3.63) is 83.4 Å². The molecule has 0 unspecified atom stereocenters. The van der Waals surface area contributed by atoms with Gasteiger partial charge in [-0.15, -0.1) is 0 Å². The van der Waals surface area contributed by atoms with E-state index in [1.54, 1.807) is 12.1 Å². The van der Waals surface area contributed by atoms with Crippen LogP contribution >= 0.6 is 0 Å². The second-order valence-electron chi connectivity index (χ2n) is 12.3. The van der Waals surface area contributed by atoms with E-state index in [9.17, 15) is 4.79 Å². The van der Waals surface area contributed by atoms with E-state index < -0.39 is 5.97 Å². The smallest absolute Gasteiger partial charge is 0.314 e. The van der Waals surface area contributed by atoms with E-state index in [0.29, 0.717) is 12.2 Å². The molecule has 1 fully saturated rings. The summed E-state index contributed by atoms with van der Waals surface area (Å²) in [6.45, 7) is 10.9. The lowest BCUT2D eigenvalue weighted by Crippen LogP contribution is -2.33. The van der Waals surface area contributed by atoms with E-state index >= 15 is 0 Å². The van der Waals surface area contributed by atoms with Gasteiger partial charge in [0.15, 0.2) is 0 Å². The second-order valence-corrected chi connectivity index (χ2v) is 12.3. The molecule has 0 atom stereocenters. The van der Waals surface area contributed by atoms with Gasteiger partial charge in [0.2, 0.25) is 0 Å². The first kappa shape index (κ1) is 26.6. The lowest BCUT2D eigenvalue weighted by Gasteiger charge is -2.42. The number of hydrogen-bond donors (Lipinski definition) is 1. The molecule has 38 heavy (non-hydrogen) atoms. The van der Waals surface area contributed by atoms with Crippen LogP contribution in [-0.4, -0.2) is 25.2 Å². The minimum absolute atomic E-state index is 0.180. The number of carbonyl (C=O) groups is 1. The molecule has 3 aromatic rings. The molecule has 3 aromatic carbocycles. The van der Waals surface area contributed by atoms with E-state index in [1.807, 2.05) is 12.1 Å². The summed E-state index contributed by atoms with van der Waals surface area (Å²) >= 11 is 0. The van der Waals surface area contributed by atoms with Gasteiger partial charge in [0, 0.05) is 6.04 Å². The van der Waals surface area contributed by atoms with Crippen molar-refractivity contribution in [1.82, 2.24) is 5.32 Å². The van der Waals surface area contributed by atoms with Crippen LogP contribution in [0.4, 0.5) is 0 Å². The van der Waals surface area contributed by atoms with Gasteiger partial charge in [0.05, 0.1) is 12.2 Å². The van der Waals surface area contributed by atoms with Crippen LogP contribution in [-0.2, 0) is 20.6 Å². The number of rotatable bonds is 10. The van der Waals surface area contributed by atoms with Gasteiger partial charge >= 0.3 is 5.97 Å². The molecule has 5 rings (SSSR count). The minimum atomic E-state index is -0.457. The maximum absolute atomic E-state index is 12.4. The Morgan fingerprint density at radius 1 is 0.789 bits per heavy atom. The van der Waals surface area contributed by atoms with Crippen LogP contribution in [0.25, 0.3) is 22.3 Å². The van der Waals surface area contributed by atoms with Crippen molar-refractivity contribution in [1.29, 1.82) is 0 Å². The lowest BCUT2D eigenvalue weighted by molar-refractivity contribution is -0.241. The molecule has 200 valence electrons. The maximum atomic E-state index is 12.4. The molecule has 2 aliphatic rings. The van der Waals surface area contributed by atoms with Gasteiger partial charge in [0.25, 0.3) is 0 Å². The Labute approximate surface area is 227 Å². The SMILES string of the molecule is CC1(C)CCC(C)(C)c2cc(-c3cccc(-c4ccc(C(=O)OOCCCCNC5CC5)cc4)c3)ccc21. The molecule has 1 N–H and O–H groups in total. The summed E-state index contributed by atoms with van der Waals surface area (Å²) in [4.78, 5) is 22.5. The Hall–Kier alpha value is -2.95. The average Bonchev–Trinajstić information content (AvgIpc) is 3.75. The molecule has 0 aromatic heterocycles. The minimum Gasteiger partial charge on any atom is -0.314 e. The summed E-state index contributed by atoms with van der Waals surface area (Å²) in [6.07, 6.45) is 6.89. The molecule has 0 amide bonds. The molecule has 0 spiro atoms. The molecule has 1 saturated carbocycles. The van der Waals surface area contributed by atoms with Crippen LogP contribution in [0.15, 0.2) is 66.7 Å². The number of benzene rings is 3. The van der Waals surface area contributed by atoms with Crippen molar-refractivity contribution >= 4 is 5.97 Å². The second kappa shape index (κ2) is 11.0. The molecule has 4 nitrogen and oxygen atoms in total. The van der Waals surface area contributed by atoms with Crippen LogP contribution in [0, 0.1) is 0 Å². The molecule has 0 saturated heterocycles. The van der Waals surface area contributed by atoms with E-state index in [1.165, 1.54) is 47.9 Å². The van der Waals surface area contributed by atoms with Crippen LogP contribution in [0.5, 0.6) is 0 Å². The van der Waals surface area contributed by atoms with E-state index in [2.05, 4.69) is 75.5 Å². The Kier molecular flexibility index (Phi) is 7.74. The van der Waals surface area contributed by atoms with Gasteiger partial charge in [-0.05, 0) is 107 Å². The lowest BCUT2D eigenvalue weighted by atomic mass is 9.63. The third kappa shape index (κ3) is 6.19. The number of hydrogen-bond acceptors (Lipinski definition) is 4. The van der Waals surface area contributed by atoms with Gasteiger partial charge < -0.3 is 5.32 Å². The zero-order chi connectivity index (χ0) is 26.8. The van der Waals surface area contributed by atoms with Gasteiger partial charge in [-0.25, -0.2) is 4.79 Å². The van der Waals surface area contributed by atoms with Crippen molar-refractivity contribution < 1.29 is 14.6 Å². The fourth-order valence-electron chi connectivity index (χ4n) is 5.47. The van der Waals surface area contributed by atoms with Crippen LogP contribution in [0.1, 0.15) is 87.7 Å². The molecule has 0 radical (unpaired) electrons. The highest BCUT2D eigenvalue weighted by atomic mass is 17.2. The Bertz CT molecular complexity index is 1270. The first-order chi connectivity index (χ1) is 18.2. The third-order valence-electron chi connectivity index (χ3n) is 8.30. The average molecular weight is 512 g/mol. The topological polar surface area (TPSA) is 47.6 Å². The largest absolute Gasteiger partial charge is 0.373 e. The Morgan fingerprint density at radius 2 is 1.42 bits per heavy atom. The van der Waals surface area contributed by atoms with Crippen molar-refractivity contribution in [3.63, 3.8) is 0 Å². The maximum Gasteiger partial charge on any atom is 0.373 e. The first-order valence-corrected chi connectivity index (χ1v) is 14.2. The summed E-state index contributed by atoms with van der Waals surface area (Å²) in [7, 11) is 0. The Balaban J connectivity index is 1.22. The first-order valence-electron chi connectivity index (χ1n) is 14.2. The molecule has 0 aliphatic heterocycles. The normalized spacial score (nSPS) is 17.6. The highest BCUT2D eigenvalue weighted by molar-refractivity contribution is 5.89. The van der Waals surface area contributed by atoms with Crippen molar-refractivity contribution in [2.45, 2.75) is 83.1 Å². The standard InChI is InChI=1S/C34H41NO3/c1-33(2)18-19-34(3,4)31-23-28(14-17-30(31)33)27-9-7-8-26(22-27)24-10-12-25(13-11-24)32(36)38-37-21-6-5-20-35-29-15-16-29/h7-14,17,22-23,29,35H,5-6,15-16,18-21H2,1-4H3. The van der Waals surface area contributed by atoms with Crippen LogP contribution < -0.4 is 5.32 Å². The molecular weight excluding hydrogens is 470 g/mol. The van der Waals surface area contributed by atoms with E-state index in [4.69, 9.17) is 9.78 Å². The number of carbonyl (C=O) groups excluding carboxylic acids is 1. The predicted octanol–water partition coefficient (Wildman–Crippen LogP) is 7.99. The zero-order valence-electron chi connectivity index (χ0n) is 23.3. The summed E-state index contributed by atoms with van der Waals surface area (Å²) in [6, 6.07) is 23.9. The van der Waals surface area contributed by atoms with Gasteiger partial charge in [-0.1, -0.05) is 76.2 Å².